The maximum absolute atomic E-state index is 13.2. The molecule has 0 aliphatic rings. The highest BCUT2D eigenvalue weighted by Gasteiger charge is 2.12. The molecular formula is C20H12Cl2FN3. The Bertz CT molecular complexity index is 1100. The minimum absolute atomic E-state index is 0.295. The number of nitrogens with one attached hydrogen (secondary N) is 1. The van der Waals surface area contributed by atoms with E-state index in [1.165, 1.54) is 12.1 Å². The summed E-state index contributed by atoms with van der Waals surface area (Å²) in [4.78, 5) is 9.25. The maximum Gasteiger partial charge on any atom is 0.163 e. The Morgan fingerprint density at radius 1 is 0.846 bits per heavy atom. The van der Waals surface area contributed by atoms with Crippen molar-refractivity contribution in [1.82, 2.24) is 9.97 Å². The van der Waals surface area contributed by atoms with Crippen molar-refractivity contribution in [3.63, 3.8) is 0 Å². The molecule has 26 heavy (non-hydrogen) atoms. The highest BCUT2D eigenvalue weighted by Crippen LogP contribution is 2.32. The Hall–Kier alpha value is -2.69. The van der Waals surface area contributed by atoms with Crippen LogP contribution in [-0.2, 0) is 0 Å². The topological polar surface area (TPSA) is 37.8 Å². The van der Waals surface area contributed by atoms with Gasteiger partial charge in [-0.25, -0.2) is 14.4 Å². The lowest BCUT2D eigenvalue weighted by molar-refractivity contribution is 0.628. The quantitative estimate of drug-likeness (QED) is 0.439. The van der Waals surface area contributed by atoms with E-state index in [0.29, 0.717) is 27.3 Å². The van der Waals surface area contributed by atoms with Crippen LogP contribution in [0.3, 0.4) is 0 Å². The molecule has 0 saturated carbocycles. The smallest absolute Gasteiger partial charge is 0.163 e. The molecule has 0 aliphatic carbocycles. The van der Waals surface area contributed by atoms with Gasteiger partial charge in [-0.3, -0.25) is 0 Å². The van der Waals surface area contributed by atoms with Gasteiger partial charge in [-0.15, -0.1) is 0 Å². The predicted octanol–water partition coefficient (Wildman–Crippen LogP) is 6.49. The van der Waals surface area contributed by atoms with Gasteiger partial charge in [0.2, 0.25) is 0 Å². The number of benzene rings is 3. The van der Waals surface area contributed by atoms with Crippen LogP contribution in [0.15, 0.2) is 66.7 Å². The number of fused-ring (bicyclic) bond motifs is 1. The lowest BCUT2D eigenvalue weighted by atomic mass is 10.1. The van der Waals surface area contributed by atoms with Crippen molar-refractivity contribution in [2.45, 2.75) is 0 Å². The van der Waals surface area contributed by atoms with Crippen molar-refractivity contribution in [3.05, 3.63) is 82.6 Å². The van der Waals surface area contributed by atoms with Gasteiger partial charge in [-0.1, -0.05) is 35.3 Å². The molecule has 0 radical (unpaired) electrons. The minimum atomic E-state index is -0.295. The lowest BCUT2D eigenvalue weighted by Gasteiger charge is -2.12. The van der Waals surface area contributed by atoms with E-state index in [-0.39, 0.29) is 5.82 Å². The largest absolute Gasteiger partial charge is 0.340 e. The molecule has 0 aliphatic heterocycles. The van der Waals surface area contributed by atoms with Crippen LogP contribution in [0.4, 0.5) is 15.9 Å². The molecule has 1 aromatic heterocycles. The summed E-state index contributed by atoms with van der Waals surface area (Å²) in [6.07, 6.45) is 0. The number of halogens is 3. The van der Waals surface area contributed by atoms with E-state index < -0.39 is 0 Å². The first-order valence-electron chi connectivity index (χ1n) is 7.85. The summed E-state index contributed by atoms with van der Waals surface area (Å²) in [5, 5.41) is 5.10. The average molecular weight is 384 g/mol. The number of rotatable bonds is 3. The fourth-order valence-electron chi connectivity index (χ4n) is 2.63. The zero-order valence-electron chi connectivity index (χ0n) is 13.4. The molecule has 128 valence electrons. The first-order valence-corrected chi connectivity index (χ1v) is 8.60. The third kappa shape index (κ3) is 3.34. The molecule has 4 rings (SSSR count). The molecule has 0 spiro atoms. The van der Waals surface area contributed by atoms with E-state index in [1.54, 1.807) is 30.3 Å². The van der Waals surface area contributed by atoms with Crippen LogP contribution in [0.2, 0.25) is 10.0 Å². The van der Waals surface area contributed by atoms with Crippen molar-refractivity contribution in [2.75, 3.05) is 5.32 Å². The highest BCUT2D eigenvalue weighted by atomic mass is 35.5. The molecule has 0 fully saturated rings. The van der Waals surface area contributed by atoms with E-state index in [4.69, 9.17) is 23.2 Å². The molecular weight excluding hydrogens is 372 g/mol. The summed E-state index contributed by atoms with van der Waals surface area (Å²) in [7, 11) is 0. The Morgan fingerprint density at radius 3 is 2.38 bits per heavy atom. The molecule has 3 nitrogen and oxygen atoms in total. The van der Waals surface area contributed by atoms with E-state index in [0.717, 1.165) is 16.6 Å². The summed E-state index contributed by atoms with van der Waals surface area (Å²) >= 11 is 12.3. The van der Waals surface area contributed by atoms with E-state index in [9.17, 15) is 4.39 Å². The standard InChI is InChI=1S/C20H12Cl2FN3/c21-12-5-10-15(17(22)11-12)19-25-18-4-2-1-3-16(18)20(26-19)24-14-8-6-13(23)7-9-14/h1-11H,(H,24,25,26). The second-order valence-corrected chi connectivity index (χ2v) is 6.51. The molecule has 6 heteroatoms. The second-order valence-electron chi connectivity index (χ2n) is 5.67. The Balaban J connectivity index is 1.86. The number of anilines is 2. The zero-order chi connectivity index (χ0) is 18.1. The molecule has 1 heterocycles. The first kappa shape index (κ1) is 16.8. The van der Waals surface area contributed by atoms with Gasteiger partial charge in [0.15, 0.2) is 5.82 Å². The third-order valence-electron chi connectivity index (χ3n) is 3.88. The van der Waals surface area contributed by atoms with Crippen LogP contribution in [0.25, 0.3) is 22.3 Å². The van der Waals surface area contributed by atoms with Gasteiger partial charge in [0.25, 0.3) is 0 Å². The monoisotopic (exact) mass is 383 g/mol. The van der Waals surface area contributed by atoms with Crippen molar-refractivity contribution in [1.29, 1.82) is 0 Å². The minimum Gasteiger partial charge on any atom is -0.340 e. The number of para-hydroxylation sites is 1. The van der Waals surface area contributed by atoms with Gasteiger partial charge in [0, 0.05) is 21.7 Å². The SMILES string of the molecule is Fc1ccc(Nc2nc(-c3ccc(Cl)cc3Cl)nc3ccccc23)cc1. The van der Waals surface area contributed by atoms with Gasteiger partial charge < -0.3 is 5.32 Å². The van der Waals surface area contributed by atoms with Crippen LogP contribution >= 0.6 is 23.2 Å². The predicted molar refractivity (Wildman–Crippen MR) is 105 cm³/mol. The molecule has 1 N–H and O–H groups in total. The summed E-state index contributed by atoms with van der Waals surface area (Å²) in [6.45, 7) is 0. The van der Waals surface area contributed by atoms with Crippen LogP contribution in [0, 0.1) is 5.82 Å². The van der Waals surface area contributed by atoms with Crippen molar-refractivity contribution < 1.29 is 4.39 Å². The lowest BCUT2D eigenvalue weighted by Crippen LogP contribution is -1.99. The second kappa shape index (κ2) is 6.90. The van der Waals surface area contributed by atoms with Gasteiger partial charge >= 0.3 is 0 Å². The molecule has 0 bridgehead atoms. The van der Waals surface area contributed by atoms with Crippen molar-refractivity contribution in [3.8, 4) is 11.4 Å². The van der Waals surface area contributed by atoms with Crippen LogP contribution < -0.4 is 5.32 Å². The maximum atomic E-state index is 13.2. The van der Waals surface area contributed by atoms with E-state index in [1.807, 2.05) is 24.3 Å². The van der Waals surface area contributed by atoms with Crippen LogP contribution in [-0.4, -0.2) is 9.97 Å². The molecule has 0 saturated heterocycles. The van der Waals surface area contributed by atoms with Gasteiger partial charge in [0.05, 0.1) is 10.5 Å². The number of hydrogen-bond donors (Lipinski definition) is 1. The van der Waals surface area contributed by atoms with Gasteiger partial charge in [-0.2, -0.15) is 0 Å². The molecule has 0 amide bonds. The van der Waals surface area contributed by atoms with Crippen molar-refractivity contribution >= 4 is 45.6 Å². The van der Waals surface area contributed by atoms with Gasteiger partial charge in [-0.05, 0) is 54.6 Å². The van der Waals surface area contributed by atoms with Crippen LogP contribution in [0.5, 0.6) is 0 Å². The zero-order valence-corrected chi connectivity index (χ0v) is 14.9. The first-order chi connectivity index (χ1) is 12.6. The molecule has 0 atom stereocenters. The number of aromatic nitrogens is 2. The Morgan fingerprint density at radius 2 is 1.62 bits per heavy atom. The molecule has 4 aromatic rings. The third-order valence-corrected chi connectivity index (χ3v) is 4.43. The normalized spacial score (nSPS) is 10.9. The number of hydrogen-bond acceptors (Lipinski definition) is 3. The molecule has 3 aromatic carbocycles. The fourth-order valence-corrected chi connectivity index (χ4v) is 3.13. The Labute approximate surface area is 159 Å². The van der Waals surface area contributed by atoms with E-state index in [2.05, 4.69) is 15.3 Å². The van der Waals surface area contributed by atoms with Crippen LogP contribution in [0.1, 0.15) is 0 Å². The summed E-state index contributed by atoms with van der Waals surface area (Å²) in [5.41, 5.74) is 2.18. The highest BCUT2D eigenvalue weighted by molar-refractivity contribution is 6.36. The molecule has 0 unspecified atom stereocenters. The number of nitrogens with zero attached hydrogens (tertiary/aromatic N) is 2. The van der Waals surface area contributed by atoms with E-state index >= 15 is 0 Å². The average Bonchev–Trinajstić information content (AvgIpc) is 2.63. The Kier molecular flexibility index (Phi) is 4.45. The summed E-state index contributed by atoms with van der Waals surface area (Å²) in [6, 6.07) is 18.9. The van der Waals surface area contributed by atoms with Crippen molar-refractivity contribution in [2.24, 2.45) is 0 Å². The summed E-state index contributed by atoms with van der Waals surface area (Å²) < 4.78 is 13.2. The summed E-state index contributed by atoms with van der Waals surface area (Å²) in [5.74, 6) is 0.801. The van der Waals surface area contributed by atoms with Gasteiger partial charge in [0.1, 0.15) is 11.6 Å². The fraction of sp³-hybridized carbons (Fsp3) is 0.